The van der Waals surface area contributed by atoms with E-state index in [9.17, 15) is 0 Å². The third kappa shape index (κ3) is 1.93. The second kappa shape index (κ2) is 4.41. The third-order valence-corrected chi connectivity index (χ3v) is 4.09. The van der Waals surface area contributed by atoms with Crippen LogP contribution >= 0.6 is 0 Å². The summed E-state index contributed by atoms with van der Waals surface area (Å²) in [6, 6.07) is 9.22. The SMILES string of the molecule is CC1NC(Cc2cn(C)c3ccccc23)CN1C. The van der Waals surface area contributed by atoms with Gasteiger partial charge in [-0.15, -0.1) is 0 Å². The number of aromatic nitrogens is 1. The third-order valence-electron chi connectivity index (χ3n) is 4.09. The molecule has 2 unspecified atom stereocenters. The van der Waals surface area contributed by atoms with E-state index in [1.165, 1.54) is 16.5 Å². The Morgan fingerprint density at radius 1 is 1.28 bits per heavy atom. The fraction of sp³-hybridized carbons (Fsp3) is 0.467. The molecular weight excluding hydrogens is 222 g/mol. The Morgan fingerprint density at radius 2 is 2.06 bits per heavy atom. The molecule has 1 aliphatic rings. The van der Waals surface area contributed by atoms with Crippen LogP contribution in [0, 0.1) is 0 Å². The van der Waals surface area contributed by atoms with Gasteiger partial charge in [-0.25, -0.2) is 0 Å². The van der Waals surface area contributed by atoms with Crippen LogP contribution in [0.5, 0.6) is 0 Å². The normalized spacial score (nSPS) is 25.1. The number of aryl methyl sites for hydroxylation is 1. The van der Waals surface area contributed by atoms with Gasteiger partial charge in [0.2, 0.25) is 0 Å². The molecule has 0 amide bonds. The van der Waals surface area contributed by atoms with Gasteiger partial charge in [-0.05, 0) is 32.0 Å². The maximum absolute atomic E-state index is 3.64. The van der Waals surface area contributed by atoms with Gasteiger partial charge in [-0.1, -0.05) is 18.2 Å². The van der Waals surface area contributed by atoms with Crippen molar-refractivity contribution in [1.82, 2.24) is 14.8 Å². The maximum Gasteiger partial charge on any atom is 0.0568 e. The zero-order valence-electron chi connectivity index (χ0n) is 11.4. The van der Waals surface area contributed by atoms with E-state index < -0.39 is 0 Å². The number of para-hydroxylation sites is 1. The number of hydrogen-bond acceptors (Lipinski definition) is 2. The van der Waals surface area contributed by atoms with E-state index in [1.54, 1.807) is 0 Å². The molecule has 0 bridgehead atoms. The molecule has 1 N–H and O–H groups in total. The van der Waals surface area contributed by atoms with Crippen LogP contribution in [0.4, 0.5) is 0 Å². The average Bonchev–Trinajstić information content (AvgIpc) is 2.83. The Bertz CT molecular complexity index is 548. The van der Waals surface area contributed by atoms with Crippen LogP contribution in [0.15, 0.2) is 30.5 Å². The van der Waals surface area contributed by atoms with Crippen molar-refractivity contribution in [3.05, 3.63) is 36.0 Å². The molecule has 3 nitrogen and oxygen atoms in total. The second-order valence-electron chi connectivity index (χ2n) is 5.47. The van der Waals surface area contributed by atoms with Crippen molar-refractivity contribution >= 4 is 10.9 Å². The first-order valence-electron chi connectivity index (χ1n) is 6.64. The van der Waals surface area contributed by atoms with Crippen LogP contribution < -0.4 is 5.32 Å². The first-order valence-corrected chi connectivity index (χ1v) is 6.64. The smallest absolute Gasteiger partial charge is 0.0568 e. The Labute approximate surface area is 108 Å². The molecule has 0 radical (unpaired) electrons. The van der Waals surface area contributed by atoms with E-state index >= 15 is 0 Å². The van der Waals surface area contributed by atoms with Gasteiger partial charge in [0.1, 0.15) is 0 Å². The molecule has 1 saturated heterocycles. The molecule has 3 heteroatoms. The molecule has 18 heavy (non-hydrogen) atoms. The van der Waals surface area contributed by atoms with Crippen LogP contribution in [0.1, 0.15) is 12.5 Å². The van der Waals surface area contributed by atoms with E-state index in [0.29, 0.717) is 12.2 Å². The molecule has 2 aromatic rings. The summed E-state index contributed by atoms with van der Waals surface area (Å²) in [5, 5.41) is 5.04. The largest absolute Gasteiger partial charge is 0.350 e. The summed E-state index contributed by atoms with van der Waals surface area (Å²) in [5.74, 6) is 0. The fourth-order valence-corrected chi connectivity index (χ4v) is 3.00. The van der Waals surface area contributed by atoms with Crippen LogP contribution in [0.25, 0.3) is 10.9 Å². The lowest BCUT2D eigenvalue weighted by molar-refractivity contribution is 0.315. The van der Waals surface area contributed by atoms with Gasteiger partial charge in [0.05, 0.1) is 6.17 Å². The summed E-state index contributed by atoms with van der Waals surface area (Å²) in [6.45, 7) is 3.35. The van der Waals surface area contributed by atoms with Crippen molar-refractivity contribution in [2.24, 2.45) is 7.05 Å². The minimum Gasteiger partial charge on any atom is -0.350 e. The predicted molar refractivity (Wildman–Crippen MR) is 75.6 cm³/mol. The minimum absolute atomic E-state index is 0.491. The highest BCUT2D eigenvalue weighted by atomic mass is 15.3. The number of nitrogens with one attached hydrogen (secondary N) is 1. The monoisotopic (exact) mass is 243 g/mol. The second-order valence-corrected chi connectivity index (χ2v) is 5.47. The number of likely N-dealkylation sites (N-methyl/N-ethyl adjacent to an activating group) is 1. The van der Waals surface area contributed by atoms with Gasteiger partial charge in [-0.2, -0.15) is 0 Å². The molecule has 3 rings (SSSR count). The van der Waals surface area contributed by atoms with Crippen molar-refractivity contribution in [3.8, 4) is 0 Å². The summed E-state index contributed by atoms with van der Waals surface area (Å²) >= 11 is 0. The van der Waals surface area contributed by atoms with Gasteiger partial charge in [-0.3, -0.25) is 10.2 Å². The Kier molecular flexibility index (Phi) is 2.88. The molecule has 0 spiro atoms. The van der Waals surface area contributed by atoms with Crippen molar-refractivity contribution in [1.29, 1.82) is 0 Å². The van der Waals surface area contributed by atoms with E-state index in [0.717, 1.165) is 13.0 Å². The van der Waals surface area contributed by atoms with Crippen molar-refractivity contribution in [2.75, 3.05) is 13.6 Å². The molecular formula is C15H21N3. The predicted octanol–water partition coefficient (Wildman–Crippen LogP) is 1.97. The van der Waals surface area contributed by atoms with E-state index in [4.69, 9.17) is 0 Å². The zero-order chi connectivity index (χ0) is 12.7. The fourth-order valence-electron chi connectivity index (χ4n) is 3.00. The summed E-state index contributed by atoms with van der Waals surface area (Å²) < 4.78 is 2.23. The Balaban J connectivity index is 1.87. The summed E-state index contributed by atoms with van der Waals surface area (Å²) in [4.78, 5) is 2.37. The molecule has 0 aliphatic carbocycles. The average molecular weight is 243 g/mol. The summed E-state index contributed by atoms with van der Waals surface area (Å²) in [7, 11) is 4.31. The van der Waals surface area contributed by atoms with Gasteiger partial charge >= 0.3 is 0 Å². The molecule has 1 fully saturated rings. The lowest BCUT2D eigenvalue weighted by Gasteiger charge is -2.11. The lowest BCUT2D eigenvalue weighted by atomic mass is 10.1. The van der Waals surface area contributed by atoms with E-state index in [2.05, 4.69) is 66.3 Å². The highest BCUT2D eigenvalue weighted by Crippen LogP contribution is 2.22. The number of rotatable bonds is 2. The van der Waals surface area contributed by atoms with E-state index in [-0.39, 0.29) is 0 Å². The molecule has 0 saturated carbocycles. The van der Waals surface area contributed by atoms with Crippen LogP contribution in [-0.4, -0.2) is 35.3 Å². The van der Waals surface area contributed by atoms with Crippen LogP contribution in [0.2, 0.25) is 0 Å². The highest BCUT2D eigenvalue weighted by Gasteiger charge is 2.25. The van der Waals surface area contributed by atoms with Crippen LogP contribution in [0.3, 0.4) is 0 Å². The molecule has 2 heterocycles. The van der Waals surface area contributed by atoms with E-state index in [1.807, 2.05) is 0 Å². The summed E-state index contributed by atoms with van der Waals surface area (Å²) in [6.07, 6.45) is 3.87. The number of benzene rings is 1. The minimum atomic E-state index is 0.491. The number of fused-ring (bicyclic) bond motifs is 1. The quantitative estimate of drug-likeness (QED) is 0.870. The molecule has 1 aromatic heterocycles. The molecule has 1 aliphatic heterocycles. The highest BCUT2D eigenvalue weighted by molar-refractivity contribution is 5.83. The molecule has 1 aromatic carbocycles. The van der Waals surface area contributed by atoms with Crippen molar-refractivity contribution in [3.63, 3.8) is 0 Å². The van der Waals surface area contributed by atoms with Gasteiger partial charge in [0.15, 0.2) is 0 Å². The molecule has 96 valence electrons. The number of nitrogens with zero attached hydrogens (tertiary/aromatic N) is 2. The maximum atomic E-state index is 3.64. The zero-order valence-corrected chi connectivity index (χ0v) is 11.4. The Hall–Kier alpha value is -1.32. The standard InChI is InChI=1S/C15H21N3/c1-11-16-13(10-17(11)2)8-12-9-18(3)15-7-5-4-6-14(12)15/h4-7,9,11,13,16H,8,10H2,1-3H3. The topological polar surface area (TPSA) is 20.2 Å². The van der Waals surface area contributed by atoms with Crippen molar-refractivity contribution in [2.45, 2.75) is 25.6 Å². The van der Waals surface area contributed by atoms with Crippen LogP contribution in [-0.2, 0) is 13.5 Å². The van der Waals surface area contributed by atoms with Gasteiger partial charge in [0, 0.05) is 36.7 Å². The summed E-state index contributed by atoms with van der Waals surface area (Å²) in [5.41, 5.74) is 2.78. The van der Waals surface area contributed by atoms with Crippen molar-refractivity contribution < 1.29 is 0 Å². The first-order chi connectivity index (χ1) is 8.65. The van der Waals surface area contributed by atoms with Gasteiger partial charge < -0.3 is 4.57 Å². The Morgan fingerprint density at radius 3 is 2.78 bits per heavy atom. The first kappa shape index (κ1) is 11.8. The van der Waals surface area contributed by atoms with Gasteiger partial charge in [0.25, 0.3) is 0 Å². The molecule has 2 atom stereocenters. The number of hydrogen-bond donors (Lipinski definition) is 1. The lowest BCUT2D eigenvalue weighted by Crippen LogP contribution is -2.32.